The van der Waals surface area contributed by atoms with Gasteiger partial charge < -0.3 is 0 Å². The van der Waals surface area contributed by atoms with Crippen molar-refractivity contribution in [1.29, 1.82) is 0 Å². The Morgan fingerprint density at radius 2 is 2.06 bits per heavy atom. The monoisotopic (exact) mass is 242 g/mol. The third-order valence-electron chi connectivity index (χ3n) is 2.44. The summed E-state index contributed by atoms with van der Waals surface area (Å²) >= 11 is 6.01. The lowest BCUT2D eigenvalue weighted by Gasteiger charge is -2.21. The molecule has 1 heterocycles. The van der Waals surface area contributed by atoms with Gasteiger partial charge in [0.1, 0.15) is 0 Å². The number of hydrogen-bond acceptors (Lipinski definition) is 2. The van der Waals surface area contributed by atoms with Gasteiger partial charge in [0, 0.05) is 5.56 Å². The zero-order chi connectivity index (χ0) is 12.3. The topological polar surface area (TPSA) is 34.9 Å². The van der Waals surface area contributed by atoms with Crippen LogP contribution in [0.25, 0.3) is 0 Å². The molecule has 1 aromatic rings. The minimum absolute atomic E-state index is 0.0616. The first kappa shape index (κ1) is 13.2. The zero-order valence-electron chi connectivity index (χ0n) is 10.4. The summed E-state index contributed by atoms with van der Waals surface area (Å²) in [6, 6.07) is 0. The lowest BCUT2D eigenvalue weighted by atomic mass is 10.1. The normalized spacial score (nSPS) is 11.8. The molecule has 1 aromatic heterocycles. The summed E-state index contributed by atoms with van der Waals surface area (Å²) < 4.78 is 1.50. The molecule has 0 aliphatic heterocycles. The molecule has 90 valence electrons. The lowest BCUT2D eigenvalue weighted by molar-refractivity contribution is 0.335. The number of halogens is 1. The van der Waals surface area contributed by atoms with Crippen LogP contribution in [-0.2, 0) is 12.0 Å². The molecule has 0 radical (unpaired) electrons. The second kappa shape index (κ2) is 5.00. The van der Waals surface area contributed by atoms with Gasteiger partial charge in [0.25, 0.3) is 5.56 Å². The van der Waals surface area contributed by atoms with Gasteiger partial charge in [0.2, 0.25) is 0 Å². The molecule has 0 aromatic carbocycles. The summed E-state index contributed by atoms with van der Waals surface area (Å²) in [6.45, 7) is 7.97. The average molecular weight is 243 g/mol. The van der Waals surface area contributed by atoms with E-state index in [0.29, 0.717) is 10.6 Å². The van der Waals surface area contributed by atoms with Crippen LogP contribution in [0.1, 0.15) is 46.1 Å². The van der Waals surface area contributed by atoms with Gasteiger partial charge in [-0.1, -0.05) is 24.9 Å². The van der Waals surface area contributed by atoms with E-state index in [2.05, 4.69) is 12.0 Å². The Labute approximate surface area is 101 Å². The van der Waals surface area contributed by atoms with Gasteiger partial charge in [-0.2, -0.15) is 5.10 Å². The molecule has 0 fully saturated rings. The van der Waals surface area contributed by atoms with E-state index in [4.69, 9.17) is 11.6 Å². The molecule has 3 nitrogen and oxygen atoms in total. The van der Waals surface area contributed by atoms with Gasteiger partial charge in [-0.25, -0.2) is 4.68 Å². The van der Waals surface area contributed by atoms with Gasteiger partial charge >= 0.3 is 0 Å². The molecule has 0 aliphatic rings. The third-order valence-corrected chi connectivity index (χ3v) is 2.77. The summed E-state index contributed by atoms with van der Waals surface area (Å²) in [5, 5.41) is 4.58. The van der Waals surface area contributed by atoms with Crippen molar-refractivity contribution in [2.75, 3.05) is 0 Å². The van der Waals surface area contributed by atoms with E-state index in [1.54, 1.807) is 6.20 Å². The van der Waals surface area contributed by atoms with E-state index < -0.39 is 0 Å². The van der Waals surface area contributed by atoms with Crippen molar-refractivity contribution in [1.82, 2.24) is 9.78 Å². The molecular weight excluding hydrogens is 224 g/mol. The maximum absolute atomic E-state index is 12.2. The van der Waals surface area contributed by atoms with Crippen molar-refractivity contribution in [3.05, 3.63) is 27.1 Å². The molecular formula is C12H19ClN2O. The van der Waals surface area contributed by atoms with Crippen LogP contribution in [0.15, 0.2) is 11.0 Å². The molecule has 0 spiro atoms. The van der Waals surface area contributed by atoms with Crippen molar-refractivity contribution in [2.45, 2.75) is 52.5 Å². The smallest absolute Gasteiger partial charge is 0.267 e. The summed E-state index contributed by atoms with van der Waals surface area (Å²) in [5.74, 6) is 0. The first-order chi connectivity index (χ1) is 7.38. The summed E-state index contributed by atoms with van der Waals surface area (Å²) in [7, 11) is 0. The SMILES string of the molecule is CCCCc1c(Cl)cnn(C(C)(C)C)c1=O. The Bertz CT molecular complexity index is 418. The fourth-order valence-corrected chi connectivity index (χ4v) is 1.75. The van der Waals surface area contributed by atoms with E-state index in [1.807, 2.05) is 20.8 Å². The molecule has 0 bridgehead atoms. The number of nitrogens with zero attached hydrogens (tertiary/aromatic N) is 2. The minimum Gasteiger partial charge on any atom is -0.267 e. The van der Waals surface area contributed by atoms with Gasteiger partial charge in [-0.05, 0) is 33.6 Å². The van der Waals surface area contributed by atoms with Crippen molar-refractivity contribution in [3.63, 3.8) is 0 Å². The molecule has 0 unspecified atom stereocenters. The molecule has 4 heteroatoms. The molecule has 0 atom stereocenters. The molecule has 0 saturated heterocycles. The van der Waals surface area contributed by atoms with Crippen LogP contribution in [0.2, 0.25) is 5.02 Å². The van der Waals surface area contributed by atoms with Gasteiger partial charge in [0.05, 0.1) is 16.8 Å². The van der Waals surface area contributed by atoms with Crippen LogP contribution < -0.4 is 5.56 Å². The first-order valence-corrected chi connectivity index (χ1v) is 6.03. The highest BCUT2D eigenvalue weighted by Crippen LogP contribution is 2.15. The van der Waals surface area contributed by atoms with Crippen molar-refractivity contribution < 1.29 is 0 Å². The van der Waals surface area contributed by atoms with Crippen LogP contribution >= 0.6 is 11.6 Å². The van der Waals surface area contributed by atoms with Gasteiger partial charge in [0.15, 0.2) is 0 Å². The van der Waals surface area contributed by atoms with Crippen LogP contribution in [0.5, 0.6) is 0 Å². The largest absolute Gasteiger partial charge is 0.271 e. The Kier molecular flexibility index (Phi) is 4.14. The number of hydrogen-bond donors (Lipinski definition) is 0. The molecule has 0 saturated carbocycles. The van der Waals surface area contributed by atoms with Gasteiger partial charge in [-0.15, -0.1) is 0 Å². The van der Waals surface area contributed by atoms with Crippen LogP contribution in [0.3, 0.4) is 0 Å². The van der Waals surface area contributed by atoms with Crippen LogP contribution in [-0.4, -0.2) is 9.78 Å². The summed E-state index contributed by atoms with van der Waals surface area (Å²) in [5.41, 5.74) is 0.324. The molecule has 0 N–H and O–H groups in total. The Hall–Kier alpha value is -0.830. The maximum atomic E-state index is 12.2. The molecule has 0 aliphatic carbocycles. The zero-order valence-corrected chi connectivity index (χ0v) is 11.1. The van der Waals surface area contributed by atoms with Crippen molar-refractivity contribution >= 4 is 11.6 Å². The lowest BCUT2D eigenvalue weighted by Crippen LogP contribution is -2.37. The Morgan fingerprint density at radius 1 is 1.44 bits per heavy atom. The molecule has 0 amide bonds. The van der Waals surface area contributed by atoms with Crippen molar-refractivity contribution in [2.24, 2.45) is 0 Å². The second-order valence-electron chi connectivity index (χ2n) is 4.96. The average Bonchev–Trinajstić information content (AvgIpc) is 2.15. The fourth-order valence-electron chi connectivity index (χ4n) is 1.53. The first-order valence-electron chi connectivity index (χ1n) is 5.65. The summed E-state index contributed by atoms with van der Waals surface area (Å²) in [6.07, 6.45) is 4.32. The van der Waals surface area contributed by atoms with Crippen LogP contribution in [0.4, 0.5) is 0 Å². The standard InChI is InChI=1S/C12H19ClN2O/c1-5-6-7-9-10(13)8-14-15(11(9)16)12(2,3)4/h8H,5-7H2,1-4H3. The highest BCUT2D eigenvalue weighted by atomic mass is 35.5. The highest BCUT2D eigenvalue weighted by Gasteiger charge is 2.19. The Morgan fingerprint density at radius 3 is 2.56 bits per heavy atom. The van der Waals surface area contributed by atoms with Gasteiger partial charge in [-0.3, -0.25) is 4.79 Å². The van der Waals surface area contributed by atoms with E-state index in [-0.39, 0.29) is 11.1 Å². The molecule has 16 heavy (non-hydrogen) atoms. The number of aromatic nitrogens is 2. The minimum atomic E-state index is -0.303. The quantitative estimate of drug-likeness (QED) is 0.817. The van der Waals surface area contributed by atoms with Crippen LogP contribution in [0, 0.1) is 0 Å². The second-order valence-corrected chi connectivity index (χ2v) is 5.37. The predicted molar refractivity (Wildman–Crippen MR) is 67.1 cm³/mol. The summed E-state index contributed by atoms with van der Waals surface area (Å²) in [4.78, 5) is 12.2. The Balaban J connectivity index is 3.22. The number of rotatable bonds is 3. The van der Waals surface area contributed by atoms with E-state index in [9.17, 15) is 4.79 Å². The van der Waals surface area contributed by atoms with E-state index >= 15 is 0 Å². The molecule has 1 rings (SSSR count). The van der Waals surface area contributed by atoms with E-state index in [1.165, 1.54) is 4.68 Å². The number of unbranched alkanes of at least 4 members (excludes halogenated alkanes) is 1. The maximum Gasteiger partial charge on any atom is 0.271 e. The predicted octanol–water partition coefficient (Wildman–Crippen LogP) is 2.99. The highest BCUT2D eigenvalue weighted by molar-refractivity contribution is 6.31. The third kappa shape index (κ3) is 2.85. The van der Waals surface area contributed by atoms with E-state index in [0.717, 1.165) is 19.3 Å². The van der Waals surface area contributed by atoms with Crippen molar-refractivity contribution in [3.8, 4) is 0 Å². The fraction of sp³-hybridized carbons (Fsp3) is 0.667.